The van der Waals surface area contributed by atoms with Crippen LogP contribution in [0.25, 0.3) is 16.8 Å². The first-order valence-electron chi connectivity index (χ1n) is 12.3. The van der Waals surface area contributed by atoms with Crippen molar-refractivity contribution in [3.8, 4) is 11.1 Å². The number of hydrogen-bond donors (Lipinski definition) is 3. The maximum atomic E-state index is 13.1. The second-order valence-electron chi connectivity index (χ2n) is 9.85. The van der Waals surface area contributed by atoms with E-state index >= 15 is 0 Å². The Bertz CT molecular complexity index is 1480. The molecule has 6 heterocycles. The number of aliphatic hydroxyl groups is 1. The van der Waals surface area contributed by atoms with Crippen LogP contribution in [0.3, 0.4) is 0 Å². The Morgan fingerprint density at radius 1 is 1.16 bits per heavy atom. The molecule has 6 rings (SSSR count). The first kappa shape index (κ1) is 23.2. The molecule has 4 atom stereocenters. The lowest BCUT2D eigenvalue weighted by Crippen LogP contribution is -2.46. The van der Waals surface area contributed by atoms with Crippen molar-refractivity contribution < 1.29 is 14.7 Å². The first-order valence-corrected chi connectivity index (χ1v) is 12.3. The molecule has 0 aliphatic carbocycles. The summed E-state index contributed by atoms with van der Waals surface area (Å²) in [5.41, 5.74) is 10.2. The zero-order chi connectivity index (χ0) is 25.8. The summed E-state index contributed by atoms with van der Waals surface area (Å²) in [6.45, 7) is 3.15. The summed E-state index contributed by atoms with van der Waals surface area (Å²) in [6.07, 6.45) is 7.10. The minimum Gasteiger partial charge on any atom is -0.387 e. The number of rotatable bonds is 5. The predicted molar refractivity (Wildman–Crippen MR) is 133 cm³/mol. The molecule has 0 radical (unpaired) electrons. The summed E-state index contributed by atoms with van der Waals surface area (Å²) in [4.78, 5) is 41.1. The molecule has 2 aliphatic rings. The van der Waals surface area contributed by atoms with Crippen LogP contribution < -0.4 is 5.73 Å². The average Bonchev–Trinajstić information content (AvgIpc) is 3.62. The number of Topliss-reactive ketones (excluding diaryl/α,β-unsaturated/α-hetero) is 1. The number of nitrogen functional groups attached to an aromatic ring is 1. The number of pyridine rings is 1. The van der Waals surface area contributed by atoms with E-state index in [4.69, 9.17) is 10.7 Å². The van der Waals surface area contributed by atoms with Crippen LogP contribution >= 0.6 is 0 Å². The van der Waals surface area contributed by atoms with Crippen LogP contribution in [-0.2, 0) is 0 Å². The lowest BCUT2D eigenvalue weighted by molar-refractivity contribution is 0.0556. The van der Waals surface area contributed by atoms with Crippen LogP contribution in [-0.4, -0.2) is 68.5 Å². The molecule has 2 saturated heterocycles. The second kappa shape index (κ2) is 8.73. The highest BCUT2D eigenvalue weighted by atomic mass is 16.3. The van der Waals surface area contributed by atoms with Gasteiger partial charge in [-0.2, -0.15) is 14.7 Å². The number of nitrogens with zero attached hydrogens (tertiary/aromatic N) is 7. The summed E-state index contributed by atoms with van der Waals surface area (Å²) in [5.74, 6) is 0.127. The molecule has 0 spiro atoms. The maximum Gasteiger partial charge on any atom is 0.291 e. The number of carbonyl (C=O) groups excluding carboxylic acids is 2. The van der Waals surface area contributed by atoms with Crippen LogP contribution in [0.15, 0.2) is 30.9 Å². The van der Waals surface area contributed by atoms with E-state index in [0.717, 1.165) is 24.0 Å². The standard InChI is InChI=1S/C25H27N9O3/c1-12(35)19-6-3-14(9-27-19)18-10-30-34-22(26)20(13(2)36)21(31-24(18)34)15-7-16-4-5-17(8-15)33(16)25(37)23-28-11-29-32-23/h3,6,9-12,15-17,35H,4-5,7-8,26H2,1-2H3,(H,28,29,32)/t12?,15?,16-,17+. The number of aromatic amines is 1. The van der Waals surface area contributed by atoms with Crippen LogP contribution in [0.5, 0.6) is 0 Å². The summed E-state index contributed by atoms with van der Waals surface area (Å²) in [5, 5.41) is 20.7. The lowest BCUT2D eigenvalue weighted by atomic mass is 9.85. The number of aromatic nitrogens is 7. The van der Waals surface area contributed by atoms with Gasteiger partial charge >= 0.3 is 0 Å². The third-order valence-electron chi connectivity index (χ3n) is 7.56. The van der Waals surface area contributed by atoms with Crippen molar-refractivity contribution in [1.82, 2.24) is 39.7 Å². The SMILES string of the molecule is CC(=O)c1c(C2C[C@H]3CC[C@@H](C2)N3C(=O)c2ncn[nH]2)nc2c(-c3ccc(C(C)O)nc3)cnn2c1N. The summed E-state index contributed by atoms with van der Waals surface area (Å²) >= 11 is 0. The smallest absolute Gasteiger partial charge is 0.291 e. The van der Waals surface area contributed by atoms with Gasteiger partial charge in [0.15, 0.2) is 11.4 Å². The zero-order valence-corrected chi connectivity index (χ0v) is 20.5. The van der Waals surface area contributed by atoms with Crippen molar-refractivity contribution >= 4 is 23.2 Å². The van der Waals surface area contributed by atoms with Gasteiger partial charge in [-0.1, -0.05) is 6.07 Å². The van der Waals surface area contributed by atoms with E-state index in [9.17, 15) is 14.7 Å². The minimum atomic E-state index is -0.673. The normalized spacial score (nSPS) is 21.9. The van der Waals surface area contributed by atoms with Gasteiger partial charge in [0.2, 0.25) is 5.82 Å². The fourth-order valence-electron chi connectivity index (χ4n) is 5.87. The number of nitrogens with two attached hydrogens (primary N) is 1. The number of aliphatic hydroxyl groups excluding tert-OH is 1. The van der Waals surface area contributed by atoms with E-state index in [-0.39, 0.29) is 41.3 Å². The van der Waals surface area contributed by atoms with Gasteiger partial charge in [-0.3, -0.25) is 19.7 Å². The number of anilines is 1. The Labute approximate surface area is 211 Å². The fourth-order valence-corrected chi connectivity index (χ4v) is 5.87. The van der Waals surface area contributed by atoms with E-state index < -0.39 is 6.10 Å². The topological polar surface area (TPSA) is 168 Å². The van der Waals surface area contributed by atoms with Gasteiger partial charge in [0, 0.05) is 35.3 Å². The highest BCUT2D eigenvalue weighted by Crippen LogP contribution is 2.45. The zero-order valence-electron chi connectivity index (χ0n) is 20.5. The molecular formula is C25H27N9O3. The molecule has 0 saturated carbocycles. The lowest BCUT2D eigenvalue weighted by Gasteiger charge is -2.38. The third-order valence-corrected chi connectivity index (χ3v) is 7.56. The van der Waals surface area contributed by atoms with Crippen LogP contribution in [0.2, 0.25) is 0 Å². The van der Waals surface area contributed by atoms with E-state index in [1.807, 2.05) is 11.0 Å². The average molecular weight is 502 g/mol. The van der Waals surface area contributed by atoms with Gasteiger partial charge in [0.05, 0.1) is 29.3 Å². The van der Waals surface area contributed by atoms with Gasteiger partial charge in [0.1, 0.15) is 12.1 Å². The molecule has 0 aromatic carbocycles. The van der Waals surface area contributed by atoms with Gasteiger partial charge in [-0.25, -0.2) is 9.97 Å². The van der Waals surface area contributed by atoms with Gasteiger partial charge < -0.3 is 15.7 Å². The number of nitrogens with one attached hydrogen (secondary N) is 1. The van der Waals surface area contributed by atoms with E-state index in [0.29, 0.717) is 35.4 Å². The van der Waals surface area contributed by atoms with Crippen LogP contribution in [0, 0.1) is 0 Å². The molecule has 190 valence electrons. The Hall–Kier alpha value is -4.19. The number of fused-ring (bicyclic) bond motifs is 3. The second-order valence-corrected chi connectivity index (χ2v) is 9.85. The maximum absolute atomic E-state index is 13.1. The van der Waals surface area contributed by atoms with Gasteiger partial charge in [-0.15, -0.1) is 0 Å². The molecule has 2 bridgehead atoms. The Morgan fingerprint density at radius 2 is 1.92 bits per heavy atom. The molecule has 12 nitrogen and oxygen atoms in total. The number of hydrogen-bond acceptors (Lipinski definition) is 9. The van der Waals surface area contributed by atoms with E-state index in [1.165, 1.54) is 17.8 Å². The molecule has 4 N–H and O–H groups in total. The summed E-state index contributed by atoms with van der Waals surface area (Å²) in [6, 6.07) is 3.65. The van der Waals surface area contributed by atoms with Crippen molar-refractivity contribution in [3.05, 3.63) is 53.6 Å². The van der Waals surface area contributed by atoms with Crippen molar-refractivity contribution in [3.63, 3.8) is 0 Å². The number of amides is 1. The molecule has 2 unspecified atom stereocenters. The molecule has 1 amide bonds. The Kier molecular flexibility index (Phi) is 5.48. The summed E-state index contributed by atoms with van der Waals surface area (Å²) < 4.78 is 1.50. The number of ketones is 1. The quantitative estimate of drug-likeness (QED) is 0.347. The van der Waals surface area contributed by atoms with Crippen molar-refractivity contribution in [2.45, 2.75) is 63.6 Å². The fraction of sp³-hybridized carbons (Fsp3) is 0.400. The molecule has 2 fully saturated rings. The van der Waals surface area contributed by atoms with Crippen molar-refractivity contribution in [2.75, 3.05) is 5.73 Å². The third kappa shape index (κ3) is 3.75. The minimum absolute atomic E-state index is 0.0157. The molecule has 12 heteroatoms. The molecule has 37 heavy (non-hydrogen) atoms. The van der Waals surface area contributed by atoms with E-state index in [2.05, 4.69) is 25.3 Å². The van der Waals surface area contributed by atoms with Crippen LogP contribution in [0.4, 0.5) is 5.82 Å². The van der Waals surface area contributed by atoms with Crippen molar-refractivity contribution in [1.29, 1.82) is 0 Å². The van der Waals surface area contributed by atoms with Gasteiger partial charge in [-0.05, 0) is 45.6 Å². The first-order chi connectivity index (χ1) is 17.8. The van der Waals surface area contributed by atoms with E-state index in [1.54, 1.807) is 25.4 Å². The molecular weight excluding hydrogens is 474 g/mol. The van der Waals surface area contributed by atoms with Crippen LogP contribution in [0.1, 0.15) is 83.9 Å². The largest absolute Gasteiger partial charge is 0.387 e. The highest BCUT2D eigenvalue weighted by Gasteiger charge is 2.45. The number of carbonyl (C=O) groups is 2. The Morgan fingerprint density at radius 3 is 2.51 bits per heavy atom. The monoisotopic (exact) mass is 501 g/mol. The molecule has 4 aromatic heterocycles. The highest BCUT2D eigenvalue weighted by molar-refractivity contribution is 6.00. The van der Waals surface area contributed by atoms with Gasteiger partial charge in [0.25, 0.3) is 5.91 Å². The summed E-state index contributed by atoms with van der Waals surface area (Å²) in [7, 11) is 0. The molecule has 4 aromatic rings. The Balaban J connectivity index is 1.40. The predicted octanol–water partition coefficient (Wildman–Crippen LogP) is 2.30. The molecule has 2 aliphatic heterocycles. The number of H-pyrrole nitrogens is 1. The number of piperidine rings is 1. The van der Waals surface area contributed by atoms with Crippen molar-refractivity contribution in [2.24, 2.45) is 0 Å².